The molecule has 0 aromatic rings. The van der Waals surface area contributed by atoms with Gasteiger partial charge in [0.15, 0.2) is 37.4 Å². The molecule has 0 saturated carbocycles. The molecule has 4 saturated heterocycles. The highest BCUT2D eigenvalue weighted by Crippen LogP contribution is 2.36. The Morgan fingerprint density at radius 2 is 0.866 bits per heavy atom. The van der Waals surface area contributed by atoms with Gasteiger partial charge in [0.1, 0.15) is 85.3 Å². The molecule has 0 aromatic carbocycles. The first-order valence-electron chi connectivity index (χ1n) is 17.6. The molecule has 0 radical (unpaired) electrons. The third-order valence-corrected chi connectivity index (χ3v) is 11.9. The minimum Gasteiger partial charge on any atom is -0.479 e. The molecule has 4 aliphatic heterocycles. The smallest absolute Gasteiger partial charge is 0.397 e. The van der Waals surface area contributed by atoms with Crippen LogP contribution in [0, 0.1) is 0 Å². The molecule has 20 atom stereocenters. The van der Waals surface area contributed by atoms with Crippen LogP contribution in [-0.4, -0.2) is 259 Å². The molecular formula is C24H40N2O36S5. The largest absolute Gasteiger partial charge is 0.479 e. The summed E-state index contributed by atoms with van der Waals surface area (Å²) < 4.78 is 217. The molecule has 38 nitrogen and oxygen atoms in total. The van der Waals surface area contributed by atoms with Crippen LogP contribution in [0.5, 0.6) is 0 Å². The lowest BCUT2D eigenvalue weighted by molar-refractivity contribution is -0.368. The number of hydrogen-bond acceptors (Lipinski definition) is 29. The van der Waals surface area contributed by atoms with E-state index in [4.69, 9.17) is 33.0 Å². The average molecular weight is 1090 g/mol. The maximum Gasteiger partial charge on any atom is 0.397 e. The summed E-state index contributed by atoms with van der Waals surface area (Å²) in [6.45, 7) is -3.17. The van der Waals surface area contributed by atoms with Crippen LogP contribution in [0.15, 0.2) is 0 Å². The lowest BCUT2D eigenvalue weighted by Crippen LogP contribution is -2.71. The van der Waals surface area contributed by atoms with Gasteiger partial charge in [-0.25, -0.2) is 22.1 Å². The van der Waals surface area contributed by atoms with Crippen molar-refractivity contribution in [3.05, 3.63) is 0 Å². The number of carboxylic acid groups (broad SMARTS) is 2. The summed E-state index contributed by atoms with van der Waals surface area (Å²) in [6.07, 6.45) is -47.9. The van der Waals surface area contributed by atoms with Crippen LogP contribution in [0.3, 0.4) is 0 Å². The van der Waals surface area contributed by atoms with Gasteiger partial charge >= 0.3 is 63.7 Å². The van der Waals surface area contributed by atoms with Gasteiger partial charge in [0.2, 0.25) is 0 Å². The predicted octanol–water partition coefficient (Wildman–Crippen LogP) is -11.3. The summed E-state index contributed by atoms with van der Waals surface area (Å²) in [7, 11) is -28.4. The van der Waals surface area contributed by atoms with Crippen LogP contribution < -0.4 is 9.44 Å². The van der Waals surface area contributed by atoms with Crippen molar-refractivity contribution in [3.8, 4) is 0 Å². The highest BCUT2D eigenvalue weighted by molar-refractivity contribution is 7.84. The molecule has 4 fully saturated rings. The van der Waals surface area contributed by atoms with Gasteiger partial charge in [0.05, 0.1) is 13.2 Å². The third kappa shape index (κ3) is 15.6. The molecule has 0 aromatic heterocycles. The molecule has 0 unspecified atom stereocenters. The Morgan fingerprint density at radius 3 is 1.33 bits per heavy atom. The van der Waals surface area contributed by atoms with Gasteiger partial charge in [-0.3, -0.25) is 22.8 Å². The van der Waals surface area contributed by atoms with Gasteiger partial charge < -0.3 is 79.1 Å². The fraction of sp³-hybridized carbons (Fsp3) is 0.917. The number of rotatable bonds is 20. The van der Waals surface area contributed by atoms with Crippen molar-refractivity contribution >= 4 is 63.7 Å². The molecule has 0 bridgehead atoms. The van der Waals surface area contributed by atoms with Crippen molar-refractivity contribution in [2.75, 3.05) is 13.2 Å². The van der Waals surface area contributed by atoms with E-state index >= 15 is 0 Å². The quantitative estimate of drug-likeness (QED) is 0.0503. The number of aliphatic hydroxyl groups excluding tert-OH is 7. The molecule has 4 rings (SSSR count). The van der Waals surface area contributed by atoms with E-state index < -0.39 is 200 Å². The van der Waals surface area contributed by atoms with Crippen LogP contribution in [0.1, 0.15) is 0 Å². The van der Waals surface area contributed by atoms with E-state index in [-0.39, 0.29) is 0 Å². The summed E-state index contributed by atoms with van der Waals surface area (Å²) >= 11 is 0. The SMILES string of the molecule is O=C(O)[C@H]1O[C@H](O)[C@@H](O)[C@H](O)[C@H]1O[C@H]1O[C@H](COS(=O)(=O)O)[C@@H](O[C@@H]2O[C@H](C(=O)O)[C@@H](O[C@H]3O[C@H](COS(=O)(=O)O)[C@@H](O)[C@H](O)[C@H]3NS(=O)(=O)O)[C@H](O)[C@H]2O)[C@H](OS(=O)(=O)O)[C@H]1NS(=O)(=O)O. The first-order valence-corrected chi connectivity index (χ1v) is 24.5. The zero-order valence-electron chi connectivity index (χ0n) is 32.2. The second-order valence-corrected chi connectivity index (χ2v) is 19.6. The molecule has 4 heterocycles. The topological polar surface area (TPSA) is 604 Å². The summed E-state index contributed by atoms with van der Waals surface area (Å²) in [4.78, 5) is 24.5. The van der Waals surface area contributed by atoms with Crippen molar-refractivity contribution in [3.63, 3.8) is 0 Å². The Bertz CT molecular complexity index is 2320. The van der Waals surface area contributed by atoms with Crippen molar-refractivity contribution in [1.29, 1.82) is 0 Å². The minimum absolute atomic E-state index is 1.22. The molecule has 0 amide bonds. The van der Waals surface area contributed by atoms with Gasteiger partial charge in [-0.2, -0.15) is 51.5 Å². The van der Waals surface area contributed by atoms with Crippen molar-refractivity contribution in [2.45, 2.75) is 123 Å². The van der Waals surface area contributed by atoms with Crippen LogP contribution in [0.25, 0.3) is 0 Å². The van der Waals surface area contributed by atoms with E-state index in [1.165, 1.54) is 9.44 Å². The van der Waals surface area contributed by atoms with E-state index in [2.05, 4.69) is 17.3 Å². The number of carbonyl (C=O) groups is 2. The summed E-state index contributed by atoms with van der Waals surface area (Å²) in [6, 6.07) is -5.36. The summed E-state index contributed by atoms with van der Waals surface area (Å²) in [5, 5.41) is 93.7. The van der Waals surface area contributed by atoms with Gasteiger partial charge in [0, 0.05) is 0 Å². The number of hydrogen-bond donors (Lipinski definition) is 16. The van der Waals surface area contributed by atoms with Crippen molar-refractivity contribution in [2.24, 2.45) is 0 Å². The molecule has 0 spiro atoms. The number of nitrogens with one attached hydrogen (secondary N) is 2. The molecule has 16 N–H and O–H groups in total. The second kappa shape index (κ2) is 21.6. The molecule has 392 valence electrons. The zero-order chi connectivity index (χ0) is 51.1. The molecular weight excluding hydrogens is 1050 g/mol. The number of aliphatic hydroxyl groups is 7. The maximum absolute atomic E-state index is 12.6. The monoisotopic (exact) mass is 1090 g/mol. The molecule has 4 aliphatic rings. The highest BCUT2D eigenvalue weighted by atomic mass is 32.3. The Labute approximate surface area is 374 Å². The second-order valence-electron chi connectivity index (χ2n) is 14.0. The Balaban J connectivity index is 1.78. The van der Waals surface area contributed by atoms with E-state index in [1.807, 2.05) is 0 Å². The van der Waals surface area contributed by atoms with E-state index in [0.29, 0.717) is 0 Å². The molecule has 0 aliphatic carbocycles. The van der Waals surface area contributed by atoms with Crippen LogP contribution in [-0.2, 0) is 107 Å². The maximum atomic E-state index is 12.6. The van der Waals surface area contributed by atoms with Crippen LogP contribution in [0.2, 0.25) is 0 Å². The number of carboxylic acids is 2. The fourth-order valence-corrected chi connectivity index (χ4v) is 8.93. The van der Waals surface area contributed by atoms with Gasteiger partial charge in [0.25, 0.3) is 0 Å². The lowest BCUT2D eigenvalue weighted by atomic mass is 9.94. The average Bonchev–Trinajstić information content (AvgIpc) is 3.15. The van der Waals surface area contributed by atoms with Gasteiger partial charge in [-0.05, 0) is 0 Å². The molecule has 67 heavy (non-hydrogen) atoms. The van der Waals surface area contributed by atoms with Gasteiger partial charge in [-0.1, -0.05) is 0 Å². The van der Waals surface area contributed by atoms with Crippen molar-refractivity contribution < 1.29 is 166 Å². The predicted molar refractivity (Wildman–Crippen MR) is 191 cm³/mol. The Hall–Kier alpha value is -2.27. The van der Waals surface area contributed by atoms with Crippen molar-refractivity contribution in [1.82, 2.24) is 9.44 Å². The molecule has 43 heteroatoms. The van der Waals surface area contributed by atoms with Gasteiger partial charge in [-0.15, -0.1) is 0 Å². The van der Waals surface area contributed by atoms with Crippen LogP contribution in [0.4, 0.5) is 0 Å². The Kier molecular flexibility index (Phi) is 18.5. The van der Waals surface area contributed by atoms with E-state index in [1.54, 1.807) is 0 Å². The lowest BCUT2D eigenvalue weighted by Gasteiger charge is -2.49. The fourth-order valence-electron chi connectivity index (χ4n) is 6.62. The first kappa shape index (κ1) is 57.3. The highest BCUT2D eigenvalue weighted by Gasteiger charge is 2.59. The van der Waals surface area contributed by atoms with E-state index in [9.17, 15) is 116 Å². The summed E-state index contributed by atoms with van der Waals surface area (Å²) in [5.41, 5.74) is 0. The Morgan fingerprint density at radius 1 is 0.448 bits per heavy atom. The standard InChI is InChI=1S/C24H40N2O36S5/c27-7-3(1-53-65(44,45)46)55-22(5(8(7)28)25-63(38,39)40)59-16-10(30)12(32)24(61-18(16)20(35)36)58-13-4(2-54-66(47,48)49)56-23(6(26-64(41,42)43)14(13)62-67(50,51)52)60-15-9(29)11(31)21(37)57-17(15)19(33)34/h3-18,21-32,37H,1-2H2,(H,33,34)(H,35,36)(H,38,39,40)(H,41,42,43)(H,44,45,46)(H,47,48,49)(H,50,51,52)/t3-,4-,5-,6-,7-,8-,9+,10-,11+,12-,13-,14-,15-,16+,17+,18+,21+,22-,23-,24-/m1/s1. The zero-order valence-corrected chi connectivity index (χ0v) is 36.3. The normalized spacial score (nSPS) is 40.5. The number of ether oxygens (including phenoxy) is 7. The number of aliphatic carboxylic acids is 2. The first-order chi connectivity index (χ1) is 30.4. The van der Waals surface area contributed by atoms with E-state index in [0.717, 1.165) is 0 Å². The minimum atomic E-state index is -6.08. The summed E-state index contributed by atoms with van der Waals surface area (Å²) in [5.74, 6) is -4.39. The van der Waals surface area contributed by atoms with Crippen LogP contribution >= 0.6 is 0 Å². The third-order valence-electron chi connectivity index (χ3n) is 9.38.